The summed E-state index contributed by atoms with van der Waals surface area (Å²) in [6.45, 7) is 9.68. The van der Waals surface area contributed by atoms with Crippen molar-refractivity contribution in [3.05, 3.63) is 36.2 Å². The average Bonchev–Trinajstić information content (AvgIpc) is 3.52. The van der Waals surface area contributed by atoms with Gasteiger partial charge in [0.25, 0.3) is 5.91 Å². The summed E-state index contributed by atoms with van der Waals surface area (Å²) in [7, 11) is 0. The maximum atomic E-state index is 14.8. The third kappa shape index (κ3) is 4.81. The lowest BCUT2D eigenvalue weighted by Gasteiger charge is -2.47. The molecule has 11 nitrogen and oxygen atoms in total. The fraction of sp³-hybridized carbons (Fsp3) is 0.600. The maximum absolute atomic E-state index is 14.8. The summed E-state index contributed by atoms with van der Waals surface area (Å²) in [6, 6.07) is -0.675. The summed E-state index contributed by atoms with van der Waals surface area (Å²) in [4.78, 5) is 47.0. The second kappa shape index (κ2) is 9.16. The van der Waals surface area contributed by atoms with Gasteiger partial charge in [0.05, 0.1) is 30.6 Å². The number of piperidine rings is 1. The molecule has 2 N–H and O–H groups in total. The van der Waals surface area contributed by atoms with Crippen LogP contribution in [-0.2, 0) is 14.4 Å². The monoisotopic (exact) mass is 512 g/mol. The highest BCUT2D eigenvalue weighted by molar-refractivity contribution is 6.43. The Balaban J connectivity index is 1.21. The molecule has 1 aromatic rings. The number of aromatic nitrogens is 3. The zero-order valence-corrected chi connectivity index (χ0v) is 21.6. The van der Waals surface area contributed by atoms with Crippen LogP contribution in [0.3, 0.4) is 0 Å². The number of Topliss-reactive ketones (excluding diaryl/α,β-unsaturated/α-hetero) is 1. The zero-order valence-electron chi connectivity index (χ0n) is 21.6. The van der Waals surface area contributed by atoms with Gasteiger partial charge in [0, 0.05) is 54.9 Å². The first-order valence-corrected chi connectivity index (χ1v) is 12.6. The number of ketones is 1. The number of nitrogens with zero attached hydrogens (tertiary/aromatic N) is 6. The minimum atomic E-state index is -0.970. The van der Waals surface area contributed by atoms with Crippen LogP contribution in [0.5, 0.6) is 0 Å². The number of hydrogen-bond acceptors (Lipinski definition) is 8. The number of nitrogens with one attached hydrogen (secondary N) is 2. The lowest BCUT2D eigenvalue weighted by Crippen LogP contribution is -2.61. The van der Waals surface area contributed by atoms with Crippen molar-refractivity contribution in [2.75, 3.05) is 26.2 Å². The highest BCUT2D eigenvalue weighted by Crippen LogP contribution is 2.35. The molecule has 0 radical (unpaired) electrons. The van der Waals surface area contributed by atoms with Gasteiger partial charge in [-0.25, -0.2) is 14.1 Å². The number of amides is 2. The number of piperazine rings is 1. The quantitative estimate of drug-likeness (QED) is 0.569. The van der Waals surface area contributed by atoms with Crippen LogP contribution in [0.2, 0.25) is 0 Å². The molecule has 0 aliphatic carbocycles. The Morgan fingerprint density at radius 2 is 1.68 bits per heavy atom. The van der Waals surface area contributed by atoms with Crippen molar-refractivity contribution in [1.82, 2.24) is 35.4 Å². The van der Waals surface area contributed by atoms with Gasteiger partial charge in [0.1, 0.15) is 5.83 Å². The Labute approximate surface area is 214 Å². The molecule has 4 aliphatic heterocycles. The maximum Gasteiger partial charge on any atom is 0.294 e. The van der Waals surface area contributed by atoms with E-state index in [0.29, 0.717) is 18.9 Å². The van der Waals surface area contributed by atoms with E-state index in [9.17, 15) is 18.8 Å². The fourth-order valence-corrected chi connectivity index (χ4v) is 6.26. The highest BCUT2D eigenvalue weighted by atomic mass is 19.1. The molecule has 2 fully saturated rings. The van der Waals surface area contributed by atoms with Gasteiger partial charge in [-0.1, -0.05) is 5.21 Å². The van der Waals surface area contributed by atoms with Gasteiger partial charge in [-0.2, -0.15) is 0 Å². The number of carbonyl (C=O) groups excluding carboxylic acids is 3. The fourth-order valence-electron chi connectivity index (χ4n) is 6.26. The van der Waals surface area contributed by atoms with E-state index in [2.05, 4.69) is 53.6 Å². The number of hydrogen-bond donors (Lipinski definition) is 2. The number of aliphatic imine (C=N–C) groups is 1. The summed E-state index contributed by atoms with van der Waals surface area (Å²) in [5.41, 5.74) is -0.239. The van der Waals surface area contributed by atoms with Crippen LogP contribution >= 0.6 is 0 Å². The van der Waals surface area contributed by atoms with Crippen molar-refractivity contribution in [3.63, 3.8) is 0 Å². The summed E-state index contributed by atoms with van der Waals surface area (Å²) in [6.07, 6.45) is 6.98. The summed E-state index contributed by atoms with van der Waals surface area (Å²) >= 11 is 0. The predicted molar refractivity (Wildman–Crippen MR) is 133 cm³/mol. The Morgan fingerprint density at radius 1 is 1.03 bits per heavy atom. The van der Waals surface area contributed by atoms with Crippen LogP contribution in [-0.4, -0.2) is 91.5 Å². The van der Waals surface area contributed by atoms with Crippen LogP contribution in [0, 0.1) is 11.8 Å². The Hall–Kier alpha value is -3.41. The van der Waals surface area contributed by atoms with E-state index < -0.39 is 29.5 Å². The van der Waals surface area contributed by atoms with Gasteiger partial charge in [-0.3, -0.25) is 14.4 Å². The zero-order chi connectivity index (χ0) is 26.5. The third-order valence-corrected chi connectivity index (χ3v) is 7.51. The molecule has 5 rings (SSSR count). The molecule has 4 aliphatic rings. The van der Waals surface area contributed by atoms with Crippen LogP contribution in [0.15, 0.2) is 41.2 Å². The number of halogens is 1. The van der Waals surface area contributed by atoms with E-state index in [1.54, 1.807) is 11.1 Å². The van der Waals surface area contributed by atoms with Crippen LogP contribution in [0.25, 0.3) is 0 Å². The largest absolute Gasteiger partial charge is 0.380 e. The Bertz CT molecular complexity index is 1180. The third-order valence-electron chi connectivity index (χ3n) is 7.51. The second-order valence-electron chi connectivity index (χ2n) is 11.5. The number of carbonyl (C=O) groups is 3. The van der Waals surface area contributed by atoms with Gasteiger partial charge in [0.15, 0.2) is 5.84 Å². The van der Waals surface area contributed by atoms with Gasteiger partial charge in [-0.05, 0) is 40.5 Å². The molecule has 2 atom stereocenters. The predicted octanol–water partition coefficient (Wildman–Crippen LogP) is 0.618. The molecule has 37 heavy (non-hydrogen) atoms. The Morgan fingerprint density at radius 3 is 2.30 bits per heavy atom. The van der Waals surface area contributed by atoms with Crippen molar-refractivity contribution in [1.29, 1.82) is 0 Å². The molecule has 12 heteroatoms. The van der Waals surface area contributed by atoms with Crippen LogP contribution in [0.4, 0.5) is 4.39 Å². The van der Waals surface area contributed by atoms with E-state index in [0.717, 1.165) is 19.0 Å². The molecule has 0 bridgehead atoms. The topological polar surface area (TPSA) is 125 Å². The van der Waals surface area contributed by atoms with E-state index in [-0.39, 0.29) is 41.6 Å². The molecule has 0 aromatic carbocycles. The molecule has 5 heterocycles. The van der Waals surface area contributed by atoms with Crippen LogP contribution in [0.1, 0.15) is 40.5 Å². The van der Waals surface area contributed by atoms with Gasteiger partial charge in [-0.15, -0.1) is 5.10 Å². The van der Waals surface area contributed by atoms with E-state index in [1.165, 1.54) is 22.0 Å². The summed E-state index contributed by atoms with van der Waals surface area (Å²) < 4.78 is 16.2. The van der Waals surface area contributed by atoms with E-state index in [1.807, 2.05) is 0 Å². The first-order valence-electron chi connectivity index (χ1n) is 12.6. The molecule has 2 unspecified atom stereocenters. The van der Waals surface area contributed by atoms with Gasteiger partial charge < -0.3 is 20.4 Å². The van der Waals surface area contributed by atoms with Crippen molar-refractivity contribution >= 4 is 23.4 Å². The molecule has 0 spiro atoms. The second-order valence-corrected chi connectivity index (χ2v) is 11.5. The SMILES string of the molecule is CC1(C)CC(C(=O)N2CCN(C(=O)C(=O)C3=CNC4C(n5ccnn5)=NC=C(F)C34)CC2)CC(C)(C)N1. The first kappa shape index (κ1) is 25.2. The lowest BCUT2D eigenvalue weighted by molar-refractivity contribution is -0.147. The van der Waals surface area contributed by atoms with Crippen molar-refractivity contribution in [2.24, 2.45) is 16.8 Å². The normalized spacial score (nSPS) is 27.0. The van der Waals surface area contributed by atoms with E-state index >= 15 is 0 Å². The van der Waals surface area contributed by atoms with Gasteiger partial charge >= 0.3 is 0 Å². The summed E-state index contributed by atoms with van der Waals surface area (Å²) in [5, 5.41) is 14.2. The molecular formula is C25H33FN8O3. The smallest absolute Gasteiger partial charge is 0.294 e. The summed E-state index contributed by atoms with van der Waals surface area (Å²) in [5.74, 6) is -2.64. The number of rotatable bonds is 3. The molecular weight excluding hydrogens is 479 g/mol. The van der Waals surface area contributed by atoms with E-state index in [4.69, 9.17) is 0 Å². The standard InChI is InChI=1S/C25H33FN8O3/c1-24(2)11-15(12-25(3,4)30-24)22(36)32-7-9-33(10-8-32)23(37)20(35)16-13-27-19-18(16)17(26)14-28-21(19)34-6-5-29-31-34/h5-6,13-15,18-19,27,30H,7-12H2,1-4H3. The van der Waals surface area contributed by atoms with Crippen molar-refractivity contribution in [3.8, 4) is 0 Å². The van der Waals surface area contributed by atoms with Crippen molar-refractivity contribution in [2.45, 2.75) is 57.7 Å². The molecule has 2 amide bonds. The highest BCUT2D eigenvalue weighted by Gasteiger charge is 2.45. The molecule has 2 saturated heterocycles. The van der Waals surface area contributed by atoms with Gasteiger partial charge in [0.2, 0.25) is 11.7 Å². The first-order chi connectivity index (χ1) is 17.5. The minimum absolute atomic E-state index is 0.0499. The van der Waals surface area contributed by atoms with Crippen molar-refractivity contribution < 1.29 is 18.8 Å². The molecule has 0 saturated carbocycles. The minimum Gasteiger partial charge on any atom is -0.380 e. The molecule has 198 valence electrons. The number of fused-ring (bicyclic) bond motifs is 1. The van der Waals surface area contributed by atoms with Crippen LogP contribution < -0.4 is 10.6 Å². The average molecular weight is 513 g/mol. The lowest BCUT2D eigenvalue weighted by atomic mass is 9.75. The molecule has 1 aromatic heterocycles. The Kier molecular flexibility index (Phi) is 6.25.